The summed E-state index contributed by atoms with van der Waals surface area (Å²) in [6.07, 6.45) is 0. The van der Waals surface area contributed by atoms with Crippen molar-refractivity contribution in [2.24, 2.45) is 0 Å². The van der Waals surface area contributed by atoms with Crippen LogP contribution in [0.15, 0.2) is 28.8 Å². The summed E-state index contributed by atoms with van der Waals surface area (Å²) in [5.74, 6) is -0.705. The summed E-state index contributed by atoms with van der Waals surface area (Å²) in [5, 5.41) is 14.4. The molecule has 0 aliphatic carbocycles. The van der Waals surface area contributed by atoms with Crippen LogP contribution in [0.3, 0.4) is 0 Å². The van der Waals surface area contributed by atoms with Crippen LogP contribution < -0.4 is 0 Å². The van der Waals surface area contributed by atoms with Crippen LogP contribution in [0.2, 0.25) is 0 Å². The molecule has 8 nitrogen and oxygen atoms in total. The maximum atomic E-state index is 12.2. The second kappa shape index (κ2) is 4.51. The van der Waals surface area contributed by atoms with E-state index >= 15 is 0 Å². The number of fused-ring (bicyclic) bond motifs is 1. The van der Waals surface area contributed by atoms with Crippen LogP contribution in [-0.4, -0.2) is 26.8 Å². The van der Waals surface area contributed by atoms with Crippen LogP contribution in [0.4, 0.5) is 5.69 Å². The second-order valence-corrected chi connectivity index (χ2v) is 4.62. The van der Waals surface area contributed by atoms with E-state index in [4.69, 9.17) is 4.52 Å². The highest BCUT2D eigenvalue weighted by Gasteiger charge is 2.37. The van der Waals surface area contributed by atoms with Gasteiger partial charge in [0.1, 0.15) is 0 Å². The lowest BCUT2D eigenvalue weighted by Gasteiger charge is -2.10. The Morgan fingerprint density at radius 1 is 1.24 bits per heavy atom. The number of nitrogens with zero attached hydrogens (tertiary/aromatic N) is 3. The van der Waals surface area contributed by atoms with E-state index in [2.05, 4.69) is 5.16 Å². The fraction of sp³-hybridized carbons (Fsp3) is 0.154. The molecule has 0 atom stereocenters. The van der Waals surface area contributed by atoms with Gasteiger partial charge in [0.2, 0.25) is 0 Å². The van der Waals surface area contributed by atoms with Crippen molar-refractivity contribution in [3.63, 3.8) is 0 Å². The highest BCUT2D eigenvalue weighted by molar-refractivity contribution is 6.21. The molecule has 2 amide bonds. The minimum Gasteiger partial charge on any atom is -0.359 e. The predicted octanol–water partition coefficient (Wildman–Crippen LogP) is 1.69. The molecule has 0 fully saturated rings. The fourth-order valence-electron chi connectivity index (χ4n) is 2.18. The van der Waals surface area contributed by atoms with Crippen LogP contribution in [0, 0.1) is 17.0 Å². The minimum atomic E-state index is -0.611. The highest BCUT2D eigenvalue weighted by atomic mass is 16.6. The van der Waals surface area contributed by atoms with Crippen molar-refractivity contribution in [3.8, 4) is 0 Å². The van der Waals surface area contributed by atoms with Gasteiger partial charge in [0.25, 0.3) is 17.5 Å². The quantitative estimate of drug-likeness (QED) is 0.483. The van der Waals surface area contributed by atoms with Crippen molar-refractivity contribution >= 4 is 17.5 Å². The number of benzene rings is 1. The van der Waals surface area contributed by atoms with Gasteiger partial charge in [-0.3, -0.25) is 24.6 Å². The van der Waals surface area contributed by atoms with E-state index in [-0.39, 0.29) is 23.4 Å². The minimum absolute atomic E-state index is 0.0328. The van der Waals surface area contributed by atoms with Gasteiger partial charge in [-0.2, -0.15) is 0 Å². The van der Waals surface area contributed by atoms with E-state index in [0.717, 1.165) is 11.0 Å². The normalized spacial score (nSPS) is 13.7. The van der Waals surface area contributed by atoms with Crippen LogP contribution >= 0.6 is 0 Å². The number of hydrogen-bond donors (Lipinski definition) is 0. The summed E-state index contributed by atoms with van der Waals surface area (Å²) in [4.78, 5) is 35.5. The summed E-state index contributed by atoms with van der Waals surface area (Å²) in [7, 11) is 0. The molecule has 3 rings (SSSR count). The Kier molecular flexibility index (Phi) is 2.79. The molecular weight excluding hydrogens is 278 g/mol. The van der Waals surface area contributed by atoms with Crippen molar-refractivity contribution in [1.82, 2.24) is 10.1 Å². The van der Waals surface area contributed by atoms with E-state index in [1.54, 1.807) is 13.0 Å². The van der Waals surface area contributed by atoms with Gasteiger partial charge in [-0.15, -0.1) is 0 Å². The van der Waals surface area contributed by atoms with E-state index in [1.165, 1.54) is 12.1 Å². The molecule has 0 saturated heterocycles. The average Bonchev–Trinajstić information content (AvgIpc) is 2.96. The molecule has 106 valence electrons. The first-order valence-electron chi connectivity index (χ1n) is 6.04. The molecule has 0 saturated carbocycles. The number of non-ortho nitro benzene ring substituents is 1. The fourth-order valence-corrected chi connectivity index (χ4v) is 2.18. The first kappa shape index (κ1) is 13.0. The molecule has 1 aromatic heterocycles. The molecule has 2 aromatic rings. The van der Waals surface area contributed by atoms with Gasteiger partial charge < -0.3 is 4.52 Å². The molecular formula is C13H9N3O5. The van der Waals surface area contributed by atoms with Crippen LogP contribution in [0.1, 0.15) is 32.2 Å². The maximum absolute atomic E-state index is 12.2. The summed E-state index contributed by atoms with van der Waals surface area (Å²) in [6, 6.07) is 5.22. The van der Waals surface area contributed by atoms with Crippen molar-refractivity contribution in [1.29, 1.82) is 0 Å². The molecule has 0 radical (unpaired) electrons. The third-order valence-electron chi connectivity index (χ3n) is 3.16. The molecule has 0 spiro atoms. The monoisotopic (exact) mass is 287 g/mol. The molecule has 0 bridgehead atoms. The third-order valence-corrected chi connectivity index (χ3v) is 3.16. The summed E-state index contributed by atoms with van der Waals surface area (Å²) in [5.41, 5.74) is 0.594. The number of nitro groups is 1. The largest absolute Gasteiger partial charge is 0.359 e. The van der Waals surface area contributed by atoms with Gasteiger partial charge >= 0.3 is 0 Å². The standard InChI is InChI=1S/C13H9N3O5/c1-7-4-9(21-14-7)6-15-12(17)10-3-2-8(16(19)20)5-11(10)13(15)18/h2-5H,6H2,1H3. The zero-order valence-electron chi connectivity index (χ0n) is 10.9. The molecule has 21 heavy (non-hydrogen) atoms. The van der Waals surface area contributed by atoms with Gasteiger partial charge in [-0.05, 0) is 13.0 Å². The van der Waals surface area contributed by atoms with E-state index in [9.17, 15) is 19.7 Å². The number of rotatable bonds is 3. The number of amides is 2. The Hall–Kier alpha value is -3.03. The summed E-state index contributed by atoms with van der Waals surface area (Å²) < 4.78 is 4.98. The van der Waals surface area contributed by atoms with Crippen molar-refractivity contribution in [3.05, 3.63) is 57.0 Å². The lowest BCUT2D eigenvalue weighted by molar-refractivity contribution is -0.384. The summed E-state index contributed by atoms with van der Waals surface area (Å²) in [6.45, 7) is 1.67. The van der Waals surface area contributed by atoms with Crippen LogP contribution in [0.5, 0.6) is 0 Å². The summed E-state index contributed by atoms with van der Waals surface area (Å²) >= 11 is 0. The Labute approximate surface area is 118 Å². The number of aromatic nitrogens is 1. The predicted molar refractivity (Wildman–Crippen MR) is 68.5 cm³/mol. The number of nitro benzene ring substituents is 1. The van der Waals surface area contributed by atoms with Gasteiger partial charge in [-0.25, -0.2) is 0 Å². The van der Waals surface area contributed by atoms with Crippen molar-refractivity contribution in [2.45, 2.75) is 13.5 Å². The molecule has 8 heteroatoms. The average molecular weight is 287 g/mol. The number of carbonyl (C=O) groups is 2. The lowest BCUT2D eigenvalue weighted by Crippen LogP contribution is -2.28. The zero-order valence-corrected chi connectivity index (χ0v) is 10.9. The van der Waals surface area contributed by atoms with Crippen LogP contribution in [-0.2, 0) is 6.54 Å². The van der Waals surface area contributed by atoms with E-state index in [0.29, 0.717) is 11.5 Å². The van der Waals surface area contributed by atoms with Crippen molar-refractivity contribution in [2.75, 3.05) is 0 Å². The first-order chi connectivity index (χ1) is 9.97. The molecule has 1 aliphatic heterocycles. The first-order valence-corrected chi connectivity index (χ1v) is 6.04. The Bertz CT molecular complexity index is 780. The topological polar surface area (TPSA) is 107 Å². The Morgan fingerprint density at radius 2 is 1.95 bits per heavy atom. The number of imide groups is 1. The lowest BCUT2D eigenvalue weighted by atomic mass is 10.1. The smallest absolute Gasteiger partial charge is 0.270 e. The van der Waals surface area contributed by atoms with E-state index < -0.39 is 16.7 Å². The third kappa shape index (κ3) is 2.06. The Balaban J connectivity index is 1.94. The van der Waals surface area contributed by atoms with Gasteiger partial charge in [0.15, 0.2) is 5.76 Å². The number of hydrogen-bond acceptors (Lipinski definition) is 6. The maximum Gasteiger partial charge on any atom is 0.270 e. The number of carbonyl (C=O) groups excluding carboxylic acids is 2. The molecule has 2 heterocycles. The molecule has 1 aliphatic rings. The van der Waals surface area contributed by atoms with Gasteiger partial charge in [-0.1, -0.05) is 5.16 Å². The highest BCUT2D eigenvalue weighted by Crippen LogP contribution is 2.28. The molecule has 0 unspecified atom stereocenters. The SMILES string of the molecule is Cc1cc(CN2C(=O)c3ccc([N+](=O)[O-])cc3C2=O)on1. The van der Waals surface area contributed by atoms with E-state index in [1.807, 2.05) is 0 Å². The van der Waals surface area contributed by atoms with Crippen LogP contribution in [0.25, 0.3) is 0 Å². The molecule has 1 aromatic carbocycles. The Morgan fingerprint density at radius 3 is 2.57 bits per heavy atom. The van der Waals surface area contributed by atoms with Gasteiger partial charge in [0.05, 0.1) is 28.3 Å². The number of aryl methyl sites for hydroxylation is 1. The zero-order chi connectivity index (χ0) is 15.1. The van der Waals surface area contributed by atoms with Gasteiger partial charge in [0, 0.05) is 18.2 Å². The van der Waals surface area contributed by atoms with Crippen molar-refractivity contribution < 1.29 is 19.0 Å². The molecule has 0 N–H and O–H groups in total. The second-order valence-electron chi connectivity index (χ2n) is 4.62.